The Bertz CT molecular complexity index is 309. The van der Waals surface area contributed by atoms with Gasteiger partial charge in [0.1, 0.15) is 5.82 Å². The van der Waals surface area contributed by atoms with Crippen molar-refractivity contribution in [2.75, 3.05) is 0 Å². The third-order valence-corrected chi connectivity index (χ3v) is 2.24. The van der Waals surface area contributed by atoms with Crippen LogP contribution in [0.1, 0.15) is 11.6 Å². The topological polar surface area (TPSA) is 26.0 Å². The Balaban J connectivity index is 0.00000169. The van der Waals surface area contributed by atoms with Gasteiger partial charge in [-0.1, -0.05) is 6.07 Å². The number of rotatable bonds is 2. The van der Waals surface area contributed by atoms with Gasteiger partial charge in [0.25, 0.3) is 6.43 Å². The summed E-state index contributed by atoms with van der Waals surface area (Å²) in [5, 5.41) is 0. The Morgan fingerprint density at radius 1 is 1.29 bits per heavy atom. The highest BCUT2D eigenvalue weighted by Gasteiger charge is 2.18. The molecule has 0 saturated heterocycles. The number of alkyl halides is 2. The first-order valence-corrected chi connectivity index (χ1v) is 4.30. The minimum Gasteiger partial charge on any atom is -0.319 e. The normalized spacial score (nSPS) is 12.4. The third kappa shape index (κ3) is 3.15. The van der Waals surface area contributed by atoms with E-state index in [1.54, 1.807) is 0 Å². The molecule has 0 saturated carbocycles. The third-order valence-electron chi connectivity index (χ3n) is 1.60. The van der Waals surface area contributed by atoms with Crippen LogP contribution >= 0.6 is 28.3 Å². The Hall–Kier alpha value is -0.260. The highest BCUT2D eigenvalue weighted by atomic mass is 79.9. The Morgan fingerprint density at radius 3 is 2.29 bits per heavy atom. The lowest BCUT2D eigenvalue weighted by Crippen LogP contribution is -2.18. The first-order valence-electron chi connectivity index (χ1n) is 3.51. The fraction of sp³-hybridized carbons (Fsp3) is 0.250. The van der Waals surface area contributed by atoms with Crippen LogP contribution in [-0.2, 0) is 0 Å². The van der Waals surface area contributed by atoms with Crippen LogP contribution in [0.2, 0.25) is 0 Å². The lowest BCUT2D eigenvalue weighted by Gasteiger charge is -2.10. The van der Waals surface area contributed by atoms with Crippen molar-refractivity contribution in [3.8, 4) is 0 Å². The van der Waals surface area contributed by atoms with Crippen molar-refractivity contribution in [2.45, 2.75) is 12.5 Å². The molecule has 80 valence electrons. The Morgan fingerprint density at radius 2 is 1.86 bits per heavy atom. The highest BCUT2D eigenvalue weighted by molar-refractivity contribution is 9.10. The minimum atomic E-state index is -2.68. The first kappa shape index (κ1) is 13.7. The van der Waals surface area contributed by atoms with E-state index in [0.717, 1.165) is 6.07 Å². The second-order valence-electron chi connectivity index (χ2n) is 2.53. The molecular weight excluding hydrogens is 282 g/mol. The molecule has 0 unspecified atom stereocenters. The lowest BCUT2D eigenvalue weighted by molar-refractivity contribution is 0.116. The standard InChI is InChI=1S/C8H7BrF3N.ClH/c9-5-2-1-4(3-6(5)10)7(13)8(11)12;/h1-3,7-8H,13H2;1H/t7-;/m0./s1. The molecule has 0 bridgehead atoms. The maximum atomic E-state index is 12.9. The summed E-state index contributed by atoms with van der Waals surface area (Å²) in [4.78, 5) is 0. The van der Waals surface area contributed by atoms with Crippen LogP contribution in [0.4, 0.5) is 13.2 Å². The Kier molecular flexibility index (Phi) is 5.48. The number of benzene rings is 1. The van der Waals surface area contributed by atoms with Crippen molar-refractivity contribution in [2.24, 2.45) is 5.73 Å². The molecule has 14 heavy (non-hydrogen) atoms. The van der Waals surface area contributed by atoms with Crippen LogP contribution in [-0.4, -0.2) is 6.43 Å². The molecule has 2 N–H and O–H groups in total. The Labute approximate surface area is 94.0 Å². The molecule has 0 amide bonds. The van der Waals surface area contributed by atoms with Gasteiger partial charge >= 0.3 is 0 Å². The van der Waals surface area contributed by atoms with Gasteiger partial charge in [-0.2, -0.15) is 0 Å². The zero-order valence-electron chi connectivity index (χ0n) is 6.88. The van der Waals surface area contributed by atoms with E-state index in [9.17, 15) is 13.2 Å². The molecule has 0 aromatic heterocycles. The second-order valence-corrected chi connectivity index (χ2v) is 3.39. The monoisotopic (exact) mass is 289 g/mol. The zero-order chi connectivity index (χ0) is 10.0. The highest BCUT2D eigenvalue weighted by Crippen LogP contribution is 2.22. The molecule has 1 aromatic rings. The first-order chi connectivity index (χ1) is 6.02. The van der Waals surface area contributed by atoms with Crippen LogP contribution in [0.15, 0.2) is 22.7 Å². The van der Waals surface area contributed by atoms with Gasteiger partial charge in [0.2, 0.25) is 0 Å². The van der Waals surface area contributed by atoms with E-state index in [0.29, 0.717) is 0 Å². The van der Waals surface area contributed by atoms with Crippen LogP contribution in [0, 0.1) is 5.82 Å². The predicted molar refractivity (Wildman–Crippen MR) is 54.3 cm³/mol. The van der Waals surface area contributed by atoms with Gasteiger partial charge in [-0.15, -0.1) is 12.4 Å². The fourth-order valence-corrected chi connectivity index (χ4v) is 1.11. The van der Waals surface area contributed by atoms with Crippen molar-refractivity contribution >= 4 is 28.3 Å². The van der Waals surface area contributed by atoms with E-state index in [-0.39, 0.29) is 22.4 Å². The van der Waals surface area contributed by atoms with Crippen LogP contribution in [0.5, 0.6) is 0 Å². The number of hydrogen-bond acceptors (Lipinski definition) is 1. The van der Waals surface area contributed by atoms with Crippen molar-refractivity contribution < 1.29 is 13.2 Å². The lowest BCUT2D eigenvalue weighted by atomic mass is 10.1. The summed E-state index contributed by atoms with van der Waals surface area (Å²) in [6, 6.07) is 2.29. The number of hydrogen-bond donors (Lipinski definition) is 1. The fourth-order valence-electron chi connectivity index (χ4n) is 0.865. The smallest absolute Gasteiger partial charge is 0.257 e. The molecule has 0 heterocycles. The maximum absolute atomic E-state index is 12.9. The average molecular weight is 291 g/mol. The van der Waals surface area contributed by atoms with E-state index in [1.807, 2.05) is 0 Å². The van der Waals surface area contributed by atoms with Gasteiger partial charge in [-0.05, 0) is 33.6 Å². The van der Waals surface area contributed by atoms with Gasteiger partial charge in [-0.25, -0.2) is 13.2 Å². The van der Waals surface area contributed by atoms with Crippen molar-refractivity contribution in [3.05, 3.63) is 34.1 Å². The summed E-state index contributed by atoms with van der Waals surface area (Å²) < 4.78 is 37.3. The summed E-state index contributed by atoms with van der Waals surface area (Å²) in [5.41, 5.74) is 5.22. The zero-order valence-corrected chi connectivity index (χ0v) is 9.29. The number of halogens is 5. The second kappa shape index (κ2) is 5.58. The van der Waals surface area contributed by atoms with E-state index >= 15 is 0 Å². The molecule has 1 atom stereocenters. The summed E-state index contributed by atoms with van der Waals surface area (Å²) in [5.74, 6) is -0.589. The molecule has 1 nitrogen and oxygen atoms in total. The number of nitrogens with two attached hydrogens (primary N) is 1. The van der Waals surface area contributed by atoms with Gasteiger partial charge in [0.15, 0.2) is 0 Å². The largest absolute Gasteiger partial charge is 0.319 e. The molecule has 1 rings (SSSR count). The summed E-state index contributed by atoms with van der Waals surface area (Å²) >= 11 is 2.91. The maximum Gasteiger partial charge on any atom is 0.257 e. The summed E-state index contributed by atoms with van der Waals surface area (Å²) in [6.45, 7) is 0. The summed E-state index contributed by atoms with van der Waals surface area (Å²) in [6.07, 6.45) is -2.68. The SMILES string of the molecule is Cl.N[C@@H](c1ccc(Br)c(F)c1)C(F)F. The van der Waals surface area contributed by atoms with Gasteiger partial charge < -0.3 is 5.73 Å². The molecule has 0 fully saturated rings. The average Bonchev–Trinajstić information content (AvgIpc) is 2.08. The molecule has 1 aromatic carbocycles. The molecule has 0 aliphatic rings. The molecule has 0 radical (unpaired) electrons. The van der Waals surface area contributed by atoms with Crippen molar-refractivity contribution in [1.82, 2.24) is 0 Å². The van der Waals surface area contributed by atoms with Crippen LogP contribution in [0.3, 0.4) is 0 Å². The molecule has 0 aliphatic heterocycles. The molecule has 0 spiro atoms. The van der Waals surface area contributed by atoms with Crippen molar-refractivity contribution in [3.63, 3.8) is 0 Å². The predicted octanol–water partition coefficient (Wildman–Crippen LogP) is 3.27. The van der Waals surface area contributed by atoms with Crippen molar-refractivity contribution in [1.29, 1.82) is 0 Å². The van der Waals surface area contributed by atoms with Gasteiger partial charge in [0, 0.05) is 0 Å². The van der Waals surface area contributed by atoms with Gasteiger partial charge in [-0.3, -0.25) is 0 Å². The van der Waals surface area contributed by atoms with Crippen LogP contribution in [0.25, 0.3) is 0 Å². The van der Waals surface area contributed by atoms with E-state index in [2.05, 4.69) is 15.9 Å². The minimum absolute atomic E-state index is 0. The van der Waals surface area contributed by atoms with E-state index in [1.165, 1.54) is 12.1 Å². The summed E-state index contributed by atoms with van der Waals surface area (Å²) in [7, 11) is 0. The van der Waals surface area contributed by atoms with Crippen LogP contribution < -0.4 is 5.73 Å². The molecule has 6 heteroatoms. The molecule has 0 aliphatic carbocycles. The van der Waals surface area contributed by atoms with E-state index in [4.69, 9.17) is 5.73 Å². The van der Waals surface area contributed by atoms with Gasteiger partial charge in [0.05, 0.1) is 10.5 Å². The molecular formula is C8H8BrClF3N. The van der Waals surface area contributed by atoms with E-state index < -0.39 is 18.3 Å². The quantitative estimate of drug-likeness (QED) is 0.889.